The van der Waals surface area contributed by atoms with Crippen LogP contribution in [0.2, 0.25) is 0 Å². The van der Waals surface area contributed by atoms with Crippen LogP contribution in [0.25, 0.3) is 132 Å². The van der Waals surface area contributed by atoms with E-state index in [4.69, 9.17) is 15.0 Å². The highest BCUT2D eigenvalue weighted by atomic mass is 15.1. The summed E-state index contributed by atoms with van der Waals surface area (Å²) in [6.45, 7) is 0. The Morgan fingerprint density at radius 1 is 0.273 bits per heavy atom. The van der Waals surface area contributed by atoms with E-state index in [9.17, 15) is 0 Å². The van der Waals surface area contributed by atoms with Crippen molar-refractivity contribution >= 4 is 86.7 Å². The number of rotatable bonds is 5. The van der Waals surface area contributed by atoms with Crippen molar-refractivity contribution in [3.63, 3.8) is 0 Å². The van der Waals surface area contributed by atoms with E-state index in [-0.39, 0.29) is 0 Å². The SMILES string of the molecule is c1ccc(-n2c3ccccc3c3c(-n4c5ccccc5c5ccc6ccccc6c54)c4ccccc4cc32)c(-c2nc(-c3cccc4ccccc34)nc(-c3cccc4ccccc34)n2)c1. The van der Waals surface area contributed by atoms with E-state index < -0.39 is 0 Å². The number of hydrogen-bond donors (Lipinski definition) is 0. The Bertz CT molecular complexity index is 4200. The van der Waals surface area contributed by atoms with Crippen molar-refractivity contribution in [3.05, 3.63) is 224 Å². The molecule has 0 saturated heterocycles. The molecule has 5 nitrogen and oxygen atoms in total. The number of nitrogens with zero attached hydrogens (tertiary/aromatic N) is 5. The highest BCUT2D eigenvalue weighted by Gasteiger charge is 2.25. The monoisotopic (exact) mass is 839 g/mol. The normalized spacial score (nSPS) is 11.9. The number of aromatic nitrogens is 5. The lowest BCUT2D eigenvalue weighted by Gasteiger charge is -2.17. The molecule has 5 heteroatoms. The molecule has 0 aliphatic rings. The summed E-state index contributed by atoms with van der Waals surface area (Å²) >= 11 is 0. The van der Waals surface area contributed by atoms with Crippen LogP contribution in [0.15, 0.2) is 224 Å². The molecule has 0 radical (unpaired) electrons. The first kappa shape index (κ1) is 36.5. The third kappa shape index (κ3) is 5.38. The quantitative estimate of drug-likeness (QED) is 0.173. The summed E-state index contributed by atoms with van der Waals surface area (Å²) in [6.07, 6.45) is 0. The molecule has 0 fully saturated rings. The van der Waals surface area contributed by atoms with E-state index in [1.54, 1.807) is 0 Å². The first-order valence-electron chi connectivity index (χ1n) is 22.5. The summed E-state index contributed by atoms with van der Waals surface area (Å²) in [6, 6.07) is 80.4. The third-order valence-electron chi connectivity index (χ3n) is 13.5. The van der Waals surface area contributed by atoms with Crippen LogP contribution in [0.3, 0.4) is 0 Å². The molecular formula is C61H37N5. The Kier molecular flexibility index (Phi) is 7.91. The molecule has 14 rings (SSSR count). The van der Waals surface area contributed by atoms with Gasteiger partial charge in [0.1, 0.15) is 0 Å². The highest BCUT2D eigenvalue weighted by Crippen LogP contribution is 2.46. The second-order valence-corrected chi connectivity index (χ2v) is 17.1. The van der Waals surface area contributed by atoms with Crippen LogP contribution in [0.1, 0.15) is 0 Å². The molecule has 0 saturated carbocycles. The maximum atomic E-state index is 5.43. The van der Waals surface area contributed by atoms with Crippen molar-refractivity contribution in [3.8, 4) is 45.5 Å². The third-order valence-corrected chi connectivity index (χ3v) is 13.5. The molecule has 0 amide bonds. The van der Waals surface area contributed by atoms with Gasteiger partial charge in [0.15, 0.2) is 17.5 Å². The van der Waals surface area contributed by atoms with Gasteiger partial charge in [-0.15, -0.1) is 0 Å². The van der Waals surface area contributed by atoms with Gasteiger partial charge in [0.2, 0.25) is 0 Å². The average molecular weight is 840 g/mol. The van der Waals surface area contributed by atoms with Crippen LogP contribution in [0, 0.1) is 0 Å². The van der Waals surface area contributed by atoms with Crippen LogP contribution >= 0.6 is 0 Å². The van der Waals surface area contributed by atoms with Gasteiger partial charge in [0, 0.05) is 49.0 Å². The molecule has 66 heavy (non-hydrogen) atoms. The van der Waals surface area contributed by atoms with E-state index in [1.165, 1.54) is 43.4 Å². The highest BCUT2D eigenvalue weighted by molar-refractivity contribution is 6.25. The summed E-state index contributed by atoms with van der Waals surface area (Å²) in [5, 5.41) is 14.0. The van der Waals surface area contributed by atoms with E-state index in [2.05, 4.69) is 234 Å². The Hall–Kier alpha value is -8.93. The molecule has 0 bridgehead atoms. The van der Waals surface area contributed by atoms with Gasteiger partial charge in [0.25, 0.3) is 0 Å². The van der Waals surface area contributed by atoms with Gasteiger partial charge in [-0.25, -0.2) is 15.0 Å². The zero-order chi connectivity index (χ0) is 43.3. The van der Waals surface area contributed by atoms with Gasteiger partial charge in [-0.3, -0.25) is 0 Å². The summed E-state index contributed by atoms with van der Waals surface area (Å²) in [7, 11) is 0. The molecule has 3 aromatic heterocycles. The Labute approximate surface area is 379 Å². The van der Waals surface area contributed by atoms with Crippen molar-refractivity contribution < 1.29 is 0 Å². The number of fused-ring (bicyclic) bond motifs is 11. The van der Waals surface area contributed by atoms with E-state index in [0.29, 0.717) is 17.5 Å². The molecule has 0 atom stereocenters. The predicted octanol–water partition coefficient (Wildman–Crippen LogP) is 15.7. The second kappa shape index (κ2) is 14.3. The zero-order valence-electron chi connectivity index (χ0n) is 35.6. The van der Waals surface area contributed by atoms with Gasteiger partial charge < -0.3 is 9.13 Å². The van der Waals surface area contributed by atoms with Crippen LogP contribution in [0.5, 0.6) is 0 Å². The topological polar surface area (TPSA) is 48.5 Å². The van der Waals surface area contributed by atoms with Gasteiger partial charge in [-0.05, 0) is 62.6 Å². The van der Waals surface area contributed by atoms with Crippen LogP contribution in [0.4, 0.5) is 0 Å². The first-order chi connectivity index (χ1) is 32.8. The maximum Gasteiger partial charge on any atom is 0.166 e. The predicted molar refractivity (Wildman–Crippen MR) is 275 cm³/mol. The average Bonchev–Trinajstić information content (AvgIpc) is 3.90. The second-order valence-electron chi connectivity index (χ2n) is 17.1. The Morgan fingerprint density at radius 3 is 1.39 bits per heavy atom. The molecule has 3 heterocycles. The Balaban J connectivity index is 1.10. The summed E-state index contributed by atoms with van der Waals surface area (Å²) in [4.78, 5) is 16.2. The number of para-hydroxylation sites is 3. The lowest BCUT2D eigenvalue weighted by Crippen LogP contribution is -2.04. The van der Waals surface area contributed by atoms with Crippen LogP contribution in [-0.4, -0.2) is 24.1 Å². The van der Waals surface area contributed by atoms with E-state index in [0.717, 1.165) is 71.4 Å². The summed E-state index contributed by atoms with van der Waals surface area (Å²) in [5.41, 5.74) is 9.54. The van der Waals surface area contributed by atoms with Gasteiger partial charge in [-0.1, -0.05) is 194 Å². The fourth-order valence-electron chi connectivity index (χ4n) is 10.7. The molecular weight excluding hydrogens is 803 g/mol. The molecule has 11 aromatic carbocycles. The summed E-state index contributed by atoms with van der Waals surface area (Å²) < 4.78 is 4.97. The van der Waals surface area contributed by atoms with Crippen molar-refractivity contribution in [2.45, 2.75) is 0 Å². The first-order valence-corrected chi connectivity index (χ1v) is 22.5. The number of benzene rings is 11. The van der Waals surface area contributed by atoms with Crippen molar-refractivity contribution in [1.82, 2.24) is 24.1 Å². The minimum absolute atomic E-state index is 0.604. The fourth-order valence-corrected chi connectivity index (χ4v) is 10.7. The minimum Gasteiger partial charge on any atom is -0.308 e. The lowest BCUT2D eigenvalue weighted by molar-refractivity contribution is 1.07. The van der Waals surface area contributed by atoms with Crippen molar-refractivity contribution in [2.75, 3.05) is 0 Å². The van der Waals surface area contributed by atoms with Crippen molar-refractivity contribution in [2.24, 2.45) is 0 Å². The standard InChI is InChI=1S/C61H37N5/c1-5-23-42-38(17-1)21-15-30-48(42)59-62-60(49-31-16-22-39-18-2-6-24-43(39)49)64-61(63-59)51-29-11-14-34-54(51)65-53-33-13-10-28-50(53)56-55(65)37-41-20-4-8-26-45(41)58(56)66-52-32-12-9-27-46(52)47-36-35-40-19-3-7-25-44(40)57(47)66/h1-37H. The van der Waals surface area contributed by atoms with Crippen LogP contribution < -0.4 is 0 Å². The summed E-state index contributed by atoms with van der Waals surface area (Å²) in [5.74, 6) is 1.86. The van der Waals surface area contributed by atoms with Crippen molar-refractivity contribution in [1.29, 1.82) is 0 Å². The van der Waals surface area contributed by atoms with Gasteiger partial charge in [-0.2, -0.15) is 0 Å². The number of hydrogen-bond acceptors (Lipinski definition) is 3. The van der Waals surface area contributed by atoms with Crippen LogP contribution in [-0.2, 0) is 0 Å². The molecule has 0 unspecified atom stereocenters. The maximum absolute atomic E-state index is 5.43. The minimum atomic E-state index is 0.604. The molecule has 0 aliphatic carbocycles. The largest absolute Gasteiger partial charge is 0.308 e. The molecule has 0 N–H and O–H groups in total. The molecule has 0 aliphatic heterocycles. The molecule has 0 spiro atoms. The fraction of sp³-hybridized carbons (Fsp3) is 0. The van der Waals surface area contributed by atoms with Gasteiger partial charge >= 0.3 is 0 Å². The molecule has 14 aromatic rings. The van der Waals surface area contributed by atoms with E-state index >= 15 is 0 Å². The lowest BCUT2D eigenvalue weighted by atomic mass is 10.0. The smallest absolute Gasteiger partial charge is 0.166 e. The molecule has 306 valence electrons. The van der Waals surface area contributed by atoms with E-state index in [1.807, 2.05) is 0 Å². The Morgan fingerprint density at radius 2 is 0.727 bits per heavy atom. The zero-order valence-corrected chi connectivity index (χ0v) is 35.6. The van der Waals surface area contributed by atoms with Gasteiger partial charge in [0.05, 0.1) is 33.4 Å².